The molecule has 0 amide bonds. The Morgan fingerprint density at radius 3 is 2.53 bits per heavy atom. The number of rotatable bonds is 2. The van der Waals surface area contributed by atoms with Gasteiger partial charge in [-0.2, -0.15) is 4.31 Å². The predicted molar refractivity (Wildman–Crippen MR) is 67.4 cm³/mol. The molecule has 94 valence electrons. The highest BCUT2D eigenvalue weighted by Gasteiger charge is 2.30. The second-order valence-electron chi connectivity index (χ2n) is 4.48. The molecule has 1 unspecified atom stereocenters. The molecule has 1 aromatic carbocycles. The van der Waals surface area contributed by atoms with E-state index in [4.69, 9.17) is 0 Å². The Hall–Kier alpha value is -0.910. The molecule has 0 radical (unpaired) electrons. The van der Waals surface area contributed by atoms with Gasteiger partial charge < -0.3 is 5.32 Å². The number of hydrogen-bond acceptors (Lipinski definition) is 3. The van der Waals surface area contributed by atoms with E-state index < -0.39 is 10.0 Å². The van der Waals surface area contributed by atoms with E-state index in [-0.39, 0.29) is 6.04 Å². The van der Waals surface area contributed by atoms with Gasteiger partial charge in [0.05, 0.1) is 4.90 Å². The Morgan fingerprint density at radius 1 is 1.29 bits per heavy atom. The number of hydrogen-bond donors (Lipinski definition) is 1. The number of benzene rings is 1. The maximum atomic E-state index is 12.4. The first kappa shape index (κ1) is 12.5. The molecule has 0 spiro atoms. The second kappa shape index (κ2) is 4.76. The van der Waals surface area contributed by atoms with Gasteiger partial charge in [-0.25, -0.2) is 8.42 Å². The first-order valence-electron chi connectivity index (χ1n) is 5.81. The van der Waals surface area contributed by atoms with Gasteiger partial charge in [0.2, 0.25) is 10.0 Å². The molecule has 1 N–H and O–H groups in total. The SMILES string of the molecule is Cc1ccc(S(=O)(=O)N2CCNCC2C)cc1. The Labute approximate surface area is 103 Å². The van der Waals surface area contributed by atoms with Crippen molar-refractivity contribution in [3.63, 3.8) is 0 Å². The summed E-state index contributed by atoms with van der Waals surface area (Å²) in [4.78, 5) is 0.386. The third-order valence-corrected chi connectivity index (χ3v) is 5.10. The molecule has 1 saturated heterocycles. The van der Waals surface area contributed by atoms with Gasteiger partial charge in [0.15, 0.2) is 0 Å². The minimum atomic E-state index is -3.33. The summed E-state index contributed by atoms with van der Waals surface area (Å²) in [6, 6.07) is 7.04. The highest BCUT2D eigenvalue weighted by atomic mass is 32.2. The quantitative estimate of drug-likeness (QED) is 0.856. The lowest BCUT2D eigenvalue weighted by Crippen LogP contribution is -2.52. The largest absolute Gasteiger partial charge is 0.314 e. The first-order chi connectivity index (χ1) is 8.01. The average Bonchev–Trinajstić information content (AvgIpc) is 2.30. The normalized spacial score (nSPS) is 22.6. The van der Waals surface area contributed by atoms with Crippen molar-refractivity contribution in [1.29, 1.82) is 0 Å². The van der Waals surface area contributed by atoms with E-state index >= 15 is 0 Å². The average molecular weight is 254 g/mol. The molecule has 17 heavy (non-hydrogen) atoms. The molecule has 0 aromatic heterocycles. The highest BCUT2D eigenvalue weighted by Crippen LogP contribution is 2.19. The molecule has 4 nitrogen and oxygen atoms in total. The third-order valence-electron chi connectivity index (χ3n) is 3.07. The zero-order chi connectivity index (χ0) is 12.5. The van der Waals surface area contributed by atoms with E-state index in [1.165, 1.54) is 0 Å². The molecule has 1 heterocycles. The van der Waals surface area contributed by atoms with Gasteiger partial charge in [-0.05, 0) is 26.0 Å². The van der Waals surface area contributed by atoms with Crippen molar-refractivity contribution >= 4 is 10.0 Å². The standard InChI is InChI=1S/C12H18N2O2S/c1-10-3-5-12(6-4-10)17(15,16)14-8-7-13-9-11(14)2/h3-6,11,13H,7-9H2,1-2H3. The van der Waals surface area contributed by atoms with E-state index in [1.54, 1.807) is 16.4 Å². The summed E-state index contributed by atoms with van der Waals surface area (Å²) in [7, 11) is -3.33. The molecule has 1 atom stereocenters. The summed E-state index contributed by atoms with van der Waals surface area (Å²) in [6.07, 6.45) is 0. The fourth-order valence-corrected chi connectivity index (χ4v) is 3.66. The molecule has 1 aromatic rings. The van der Waals surface area contributed by atoms with Crippen LogP contribution in [0, 0.1) is 6.92 Å². The van der Waals surface area contributed by atoms with Crippen LogP contribution >= 0.6 is 0 Å². The van der Waals surface area contributed by atoms with Crippen LogP contribution in [0.25, 0.3) is 0 Å². The van der Waals surface area contributed by atoms with Crippen LogP contribution in [0.5, 0.6) is 0 Å². The van der Waals surface area contributed by atoms with E-state index in [2.05, 4.69) is 5.32 Å². The van der Waals surface area contributed by atoms with Crippen LogP contribution in [0.1, 0.15) is 12.5 Å². The van der Waals surface area contributed by atoms with Crippen LogP contribution < -0.4 is 5.32 Å². The number of piperazine rings is 1. The van der Waals surface area contributed by atoms with Gasteiger partial charge in [-0.15, -0.1) is 0 Å². The van der Waals surface area contributed by atoms with Crippen LogP contribution in [0.4, 0.5) is 0 Å². The molecule has 2 rings (SSSR count). The van der Waals surface area contributed by atoms with Gasteiger partial charge in [0.1, 0.15) is 0 Å². The third kappa shape index (κ3) is 2.51. The Morgan fingerprint density at radius 2 is 1.94 bits per heavy atom. The zero-order valence-electron chi connectivity index (χ0n) is 10.2. The second-order valence-corrected chi connectivity index (χ2v) is 6.37. The summed E-state index contributed by atoms with van der Waals surface area (Å²) in [6.45, 7) is 5.85. The number of nitrogens with one attached hydrogen (secondary N) is 1. The summed E-state index contributed by atoms with van der Waals surface area (Å²) >= 11 is 0. The minimum Gasteiger partial charge on any atom is -0.314 e. The van der Waals surface area contributed by atoms with Crippen molar-refractivity contribution in [2.45, 2.75) is 24.8 Å². The molecular weight excluding hydrogens is 236 g/mol. The van der Waals surface area contributed by atoms with Crippen molar-refractivity contribution in [3.8, 4) is 0 Å². The summed E-state index contributed by atoms with van der Waals surface area (Å²) in [5.74, 6) is 0. The first-order valence-corrected chi connectivity index (χ1v) is 7.25. The topological polar surface area (TPSA) is 49.4 Å². The van der Waals surface area contributed by atoms with Crippen LogP contribution in [0.15, 0.2) is 29.2 Å². The van der Waals surface area contributed by atoms with E-state index in [1.807, 2.05) is 26.0 Å². The van der Waals surface area contributed by atoms with Crippen molar-refractivity contribution in [1.82, 2.24) is 9.62 Å². The molecule has 1 aliphatic heterocycles. The summed E-state index contributed by atoms with van der Waals surface area (Å²) in [5, 5.41) is 3.19. The van der Waals surface area contributed by atoms with E-state index in [0.29, 0.717) is 18.0 Å². The lowest BCUT2D eigenvalue weighted by Gasteiger charge is -2.32. The maximum Gasteiger partial charge on any atom is 0.243 e. The number of aryl methyl sites for hydroxylation is 1. The van der Waals surface area contributed by atoms with E-state index in [9.17, 15) is 8.42 Å². The predicted octanol–water partition coefficient (Wildman–Crippen LogP) is 0.977. The minimum absolute atomic E-state index is 0.00931. The lowest BCUT2D eigenvalue weighted by atomic mass is 10.2. The molecule has 0 saturated carbocycles. The lowest BCUT2D eigenvalue weighted by molar-refractivity contribution is 0.284. The number of sulfonamides is 1. The van der Waals surface area contributed by atoms with Crippen LogP contribution in [-0.4, -0.2) is 38.4 Å². The molecule has 1 aliphatic rings. The van der Waals surface area contributed by atoms with Gasteiger partial charge >= 0.3 is 0 Å². The van der Waals surface area contributed by atoms with Gasteiger partial charge in [0.25, 0.3) is 0 Å². The Bertz CT molecular complexity index is 482. The Kier molecular flexibility index (Phi) is 3.51. The molecular formula is C12H18N2O2S. The van der Waals surface area contributed by atoms with Crippen molar-refractivity contribution in [2.24, 2.45) is 0 Å². The van der Waals surface area contributed by atoms with E-state index in [0.717, 1.165) is 12.1 Å². The maximum absolute atomic E-state index is 12.4. The van der Waals surface area contributed by atoms with Gasteiger partial charge in [-0.3, -0.25) is 0 Å². The van der Waals surface area contributed by atoms with Crippen molar-refractivity contribution in [3.05, 3.63) is 29.8 Å². The van der Waals surface area contributed by atoms with Gasteiger partial charge in [-0.1, -0.05) is 17.7 Å². The summed E-state index contributed by atoms with van der Waals surface area (Å²) in [5.41, 5.74) is 1.07. The van der Waals surface area contributed by atoms with Crippen molar-refractivity contribution in [2.75, 3.05) is 19.6 Å². The molecule has 0 bridgehead atoms. The van der Waals surface area contributed by atoms with Crippen LogP contribution in [0.3, 0.4) is 0 Å². The number of nitrogens with zero attached hydrogens (tertiary/aromatic N) is 1. The van der Waals surface area contributed by atoms with Gasteiger partial charge in [0, 0.05) is 25.7 Å². The monoisotopic (exact) mass is 254 g/mol. The van der Waals surface area contributed by atoms with Crippen molar-refractivity contribution < 1.29 is 8.42 Å². The highest BCUT2D eigenvalue weighted by molar-refractivity contribution is 7.89. The fourth-order valence-electron chi connectivity index (χ4n) is 2.03. The molecule has 0 aliphatic carbocycles. The van der Waals surface area contributed by atoms with Crippen LogP contribution in [0.2, 0.25) is 0 Å². The van der Waals surface area contributed by atoms with Crippen LogP contribution in [-0.2, 0) is 10.0 Å². The molecule has 1 fully saturated rings. The Balaban J connectivity index is 2.32. The fraction of sp³-hybridized carbons (Fsp3) is 0.500. The molecule has 5 heteroatoms. The smallest absolute Gasteiger partial charge is 0.243 e. The zero-order valence-corrected chi connectivity index (χ0v) is 11.0. The summed E-state index contributed by atoms with van der Waals surface area (Å²) < 4.78 is 26.4.